The van der Waals surface area contributed by atoms with E-state index in [1.807, 2.05) is 25.3 Å². The number of nitrogens with one attached hydrogen (secondary N) is 1. The van der Waals surface area contributed by atoms with E-state index in [1.54, 1.807) is 24.3 Å². The highest BCUT2D eigenvalue weighted by atomic mass is 35.5. The molecule has 0 spiro atoms. The maximum atomic E-state index is 12.7. The number of halogens is 3. The SMILES string of the molecule is CCCCOC(=O)c1cc(C(N)Cc2nc(-c3ccc(Cl)c(Cl)c3)c[nH]2)ccc1OCCCC.Cl. The Morgan fingerprint density at radius 2 is 1.80 bits per heavy atom. The lowest BCUT2D eigenvalue weighted by atomic mass is 10.0. The van der Waals surface area contributed by atoms with Gasteiger partial charge in [0.2, 0.25) is 0 Å². The van der Waals surface area contributed by atoms with Gasteiger partial charge in [-0.25, -0.2) is 9.78 Å². The summed E-state index contributed by atoms with van der Waals surface area (Å²) in [7, 11) is 0. The predicted octanol–water partition coefficient (Wildman–Crippen LogP) is 7.18. The third-order valence-electron chi connectivity index (χ3n) is 5.40. The Morgan fingerprint density at radius 3 is 2.51 bits per heavy atom. The van der Waals surface area contributed by atoms with Crippen molar-refractivity contribution in [3.63, 3.8) is 0 Å². The van der Waals surface area contributed by atoms with Gasteiger partial charge in [0.15, 0.2) is 0 Å². The fourth-order valence-corrected chi connectivity index (χ4v) is 3.67. The van der Waals surface area contributed by atoms with Crippen LogP contribution in [-0.4, -0.2) is 29.2 Å². The lowest BCUT2D eigenvalue weighted by Gasteiger charge is -2.16. The molecule has 0 bridgehead atoms. The van der Waals surface area contributed by atoms with Crippen LogP contribution in [0, 0.1) is 0 Å². The summed E-state index contributed by atoms with van der Waals surface area (Å²) in [6.07, 6.45) is 5.95. The van der Waals surface area contributed by atoms with Crippen molar-refractivity contribution in [3.05, 3.63) is 69.6 Å². The molecule has 2 aromatic carbocycles. The number of unbranched alkanes of at least 4 members (excludes halogenated alkanes) is 2. The first-order chi connectivity index (χ1) is 16.4. The van der Waals surface area contributed by atoms with Crippen molar-refractivity contribution in [2.45, 2.75) is 52.0 Å². The molecule has 6 nitrogen and oxygen atoms in total. The third-order valence-corrected chi connectivity index (χ3v) is 6.14. The number of rotatable bonds is 12. The molecule has 9 heteroatoms. The first-order valence-electron chi connectivity index (χ1n) is 11.6. The number of hydrogen-bond donors (Lipinski definition) is 2. The van der Waals surface area contributed by atoms with Crippen LogP contribution in [0.3, 0.4) is 0 Å². The summed E-state index contributed by atoms with van der Waals surface area (Å²) in [5.41, 5.74) is 9.30. The maximum Gasteiger partial charge on any atom is 0.341 e. The van der Waals surface area contributed by atoms with Crippen LogP contribution >= 0.6 is 35.6 Å². The van der Waals surface area contributed by atoms with E-state index in [0.29, 0.717) is 41.0 Å². The van der Waals surface area contributed by atoms with E-state index < -0.39 is 5.97 Å². The highest BCUT2D eigenvalue weighted by Gasteiger charge is 2.19. The fourth-order valence-electron chi connectivity index (χ4n) is 3.37. The molecule has 0 radical (unpaired) electrons. The topological polar surface area (TPSA) is 90.2 Å². The van der Waals surface area contributed by atoms with Crippen LogP contribution in [0.2, 0.25) is 10.0 Å². The molecule has 1 atom stereocenters. The molecule has 1 unspecified atom stereocenters. The third kappa shape index (κ3) is 8.14. The minimum atomic E-state index is -0.395. The van der Waals surface area contributed by atoms with Crippen molar-refractivity contribution < 1.29 is 14.3 Å². The second-order valence-electron chi connectivity index (χ2n) is 8.12. The number of carbonyl (C=O) groups is 1. The number of nitrogens with two attached hydrogens (primary N) is 1. The zero-order chi connectivity index (χ0) is 24.5. The zero-order valence-corrected chi connectivity index (χ0v) is 22.3. The number of nitrogens with zero attached hydrogens (tertiary/aromatic N) is 1. The van der Waals surface area contributed by atoms with Crippen molar-refractivity contribution >= 4 is 41.6 Å². The largest absolute Gasteiger partial charge is 0.493 e. The van der Waals surface area contributed by atoms with E-state index in [4.69, 9.17) is 38.4 Å². The Kier molecular flexibility index (Phi) is 11.9. The molecular weight excluding hydrogens is 509 g/mol. The first-order valence-corrected chi connectivity index (χ1v) is 12.4. The van der Waals surface area contributed by atoms with E-state index >= 15 is 0 Å². The summed E-state index contributed by atoms with van der Waals surface area (Å²) in [5, 5.41) is 0.967. The van der Waals surface area contributed by atoms with E-state index in [2.05, 4.69) is 16.9 Å². The van der Waals surface area contributed by atoms with Crippen molar-refractivity contribution in [2.24, 2.45) is 5.73 Å². The molecule has 0 fully saturated rings. The second kappa shape index (κ2) is 14.3. The van der Waals surface area contributed by atoms with Gasteiger partial charge in [-0.2, -0.15) is 0 Å². The predicted molar refractivity (Wildman–Crippen MR) is 144 cm³/mol. The van der Waals surface area contributed by atoms with Gasteiger partial charge in [0, 0.05) is 24.2 Å². The number of aromatic amines is 1. The lowest BCUT2D eigenvalue weighted by Crippen LogP contribution is -2.16. The van der Waals surface area contributed by atoms with Crippen molar-refractivity contribution in [1.82, 2.24) is 9.97 Å². The van der Waals surface area contributed by atoms with E-state index in [0.717, 1.165) is 48.3 Å². The monoisotopic (exact) mass is 539 g/mol. The van der Waals surface area contributed by atoms with Crippen LogP contribution < -0.4 is 10.5 Å². The Labute approximate surface area is 222 Å². The molecule has 35 heavy (non-hydrogen) atoms. The number of esters is 1. The zero-order valence-electron chi connectivity index (χ0n) is 20.0. The summed E-state index contributed by atoms with van der Waals surface area (Å²) in [4.78, 5) is 20.5. The van der Waals surface area contributed by atoms with Crippen molar-refractivity contribution in [1.29, 1.82) is 0 Å². The molecule has 0 aliphatic rings. The number of H-pyrrole nitrogens is 1. The van der Waals surface area contributed by atoms with E-state index in [-0.39, 0.29) is 18.4 Å². The lowest BCUT2D eigenvalue weighted by molar-refractivity contribution is 0.0495. The summed E-state index contributed by atoms with van der Waals surface area (Å²) in [6.45, 7) is 5.06. The minimum Gasteiger partial charge on any atom is -0.493 e. The Morgan fingerprint density at radius 1 is 1.06 bits per heavy atom. The van der Waals surface area contributed by atoms with E-state index in [9.17, 15) is 4.79 Å². The molecule has 3 N–H and O–H groups in total. The van der Waals surface area contributed by atoms with Gasteiger partial charge in [0.1, 0.15) is 17.1 Å². The van der Waals surface area contributed by atoms with Crippen molar-refractivity contribution in [2.75, 3.05) is 13.2 Å². The number of carbonyl (C=O) groups excluding carboxylic acids is 1. The first kappa shape index (κ1) is 29.0. The van der Waals surface area contributed by atoms with Gasteiger partial charge in [-0.3, -0.25) is 0 Å². The molecule has 0 amide bonds. The van der Waals surface area contributed by atoms with E-state index in [1.165, 1.54) is 0 Å². The summed E-state index contributed by atoms with van der Waals surface area (Å²) >= 11 is 12.1. The standard InChI is InChI=1S/C26H31Cl2N3O3.ClH/c1-3-5-11-33-24-10-8-17(13-19(24)26(32)34-12-6-4-2)22(29)15-25-30-16-23(31-25)18-7-9-20(27)21(28)14-18;/h7-10,13-14,16,22H,3-6,11-12,15,29H2,1-2H3,(H,30,31);1H. The number of hydrogen-bond acceptors (Lipinski definition) is 5. The summed E-state index contributed by atoms with van der Waals surface area (Å²) in [6, 6.07) is 10.5. The van der Waals surface area contributed by atoms with Crippen LogP contribution in [0.15, 0.2) is 42.6 Å². The van der Waals surface area contributed by atoms with Crippen LogP contribution in [-0.2, 0) is 11.2 Å². The van der Waals surface area contributed by atoms with Gasteiger partial charge in [0.05, 0.1) is 29.0 Å². The van der Waals surface area contributed by atoms with Crippen LogP contribution in [0.25, 0.3) is 11.3 Å². The van der Waals surface area contributed by atoms with Gasteiger partial charge in [-0.15, -0.1) is 12.4 Å². The molecule has 0 saturated carbocycles. The molecule has 1 heterocycles. The highest BCUT2D eigenvalue weighted by Crippen LogP contribution is 2.29. The molecule has 0 aliphatic heterocycles. The fraction of sp³-hybridized carbons (Fsp3) is 0.385. The quantitative estimate of drug-likeness (QED) is 0.187. The second-order valence-corrected chi connectivity index (χ2v) is 8.93. The van der Waals surface area contributed by atoms with Crippen LogP contribution in [0.5, 0.6) is 5.75 Å². The molecule has 0 aliphatic carbocycles. The Balaban J connectivity index is 0.00000432. The molecule has 1 aromatic heterocycles. The van der Waals surface area contributed by atoms with Gasteiger partial charge in [-0.1, -0.05) is 62.0 Å². The Bertz CT molecular complexity index is 1100. The molecular formula is C26H32Cl3N3O3. The maximum absolute atomic E-state index is 12.7. The number of benzene rings is 2. The normalized spacial score (nSPS) is 11.6. The number of ether oxygens (including phenoxy) is 2. The molecule has 3 aromatic rings. The Hall–Kier alpha value is -2.25. The van der Waals surface area contributed by atoms with Crippen LogP contribution in [0.4, 0.5) is 0 Å². The molecule has 190 valence electrons. The van der Waals surface area contributed by atoms with Gasteiger partial charge < -0.3 is 20.2 Å². The minimum absolute atomic E-state index is 0. The average Bonchev–Trinajstić information content (AvgIpc) is 3.29. The summed E-state index contributed by atoms with van der Waals surface area (Å²) in [5.74, 6) is 0.851. The highest BCUT2D eigenvalue weighted by molar-refractivity contribution is 6.42. The number of aromatic nitrogens is 2. The van der Waals surface area contributed by atoms with Gasteiger partial charge in [0.25, 0.3) is 0 Å². The summed E-state index contributed by atoms with van der Waals surface area (Å²) < 4.78 is 11.3. The number of imidazole rings is 1. The molecule has 3 rings (SSSR count). The van der Waals surface area contributed by atoms with Gasteiger partial charge >= 0.3 is 5.97 Å². The van der Waals surface area contributed by atoms with Crippen molar-refractivity contribution in [3.8, 4) is 17.0 Å². The smallest absolute Gasteiger partial charge is 0.341 e. The average molecular weight is 541 g/mol. The van der Waals surface area contributed by atoms with Gasteiger partial charge in [-0.05, 0) is 42.7 Å². The molecule has 0 saturated heterocycles. The van der Waals surface area contributed by atoms with Crippen LogP contribution in [0.1, 0.15) is 67.3 Å².